The zero-order valence-electron chi connectivity index (χ0n) is 6.63. The molecule has 1 fully saturated rings. The molecule has 1 aliphatic rings. The monoisotopic (exact) mass is 163 g/mol. The predicted molar refractivity (Wildman–Crippen MR) is 48.9 cm³/mol. The summed E-state index contributed by atoms with van der Waals surface area (Å²) in [5.41, 5.74) is 1.80. The fourth-order valence-electron chi connectivity index (χ4n) is 1.42. The van der Waals surface area contributed by atoms with Gasteiger partial charge in [0.25, 0.3) is 0 Å². The van der Waals surface area contributed by atoms with E-state index in [1.807, 2.05) is 12.1 Å². The quantitative estimate of drug-likeness (QED) is 0.596. The zero-order valence-corrected chi connectivity index (χ0v) is 7.45. The van der Waals surface area contributed by atoms with Crippen LogP contribution in [0.2, 0.25) is 0 Å². The topological polar surface area (TPSA) is 0 Å². The van der Waals surface area contributed by atoms with Crippen molar-refractivity contribution in [2.24, 2.45) is 0 Å². The first-order valence-corrected chi connectivity index (χ1v) is 4.40. The molecule has 11 heavy (non-hydrogen) atoms. The average Bonchev–Trinajstić information content (AvgIpc) is 2.70. The third-order valence-electron chi connectivity index (χ3n) is 2.54. The number of hydrogen-bond acceptors (Lipinski definition) is 0. The summed E-state index contributed by atoms with van der Waals surface area (Å²) < 4.78 is 0. The van der Waals surface area contributed by atoms with E-state index in [9.17, 15) is 0 Å². The molecule has 0 unspecified atom stereocenters. The minimum atomic E-state index is 0.429. The van der Waals surface area contributed by atoms with Crippen molar-refractivity contribution < 1.29 is 0 Å². The van der Waals surface area contributed by atoms with Crippen LogP contribution in [0.4, 0.5) is 0 Å². The zero-order chi connectivity index (χ0) is 7.90. The third-order valence-corrected chi connectivity index (χ3v) is 2.89. The molecule has 1 aromatic rings. The van der Waals surface area contributed by atoms with Crippen LogP contribution < -0.4 is 0 Å². The van der Waals surface area contributed by atoms with E-state index in [1.165, 1.54) is 18.4 Å². The highest BCUT2D eigenvalue weighted by atomic mass is 32.1. The van der Waals surface area contributed by atoms with Crippen molar-refractivity contribution in [1.82, 2.24) is 0 Å². The van der Waals surface area contributed by atoms with E-state index < -0.39 is 0 Å². The van der Waals surface area contributed by atoms with Crippen molar-refractivity contribution in [3.05, 3.63) is 29.8 Å². The van der Waals surface area contributed by atoms with Crippen LogP contribution in [0.25, 0.3) is 0 Å². The molecular weight excluding hydrogens is 152 g/mol. The Labute approximate surface area is 73.0 Å². The Morgan fingerprint density at radius 2 is 1.91 bits per heavy atom. The molecule has 0 nitrogen and oxygen atoms in total. The lowest BCUT2D eigenvalue weighted by Gasteiger charge is -2.09. The minimum Gasteiger partial charge on any atom is -0.0798 e. The highest BCUT2D eigenvalue weighted by Crippen LogP contribution is 2.49. The lowest BCUT2D eigenvalue weighted by molar-refractivity contribution is 0.767. The Hall–Kier alpha value is -0.560. The Morgan fingerprint density at radius 3 is 2.45 bits per heavy atom. The van der Waals surface area contributed by atoms with Crippen LogP contribution in [0.3, 0.4) is 0 Å². The van der Waals surface area contributed by atoms with Gasteiger partial charge >= 0.3 is 0 Å². The van der Waals surface area contributed by atoms with Gasteiger partial charge in [0, 0.05) is 4.90 Å². The van der Waals surface area contributed by atoms with Crippen LogP contribution in [0.5, 0.6) is 0 Å². The maximum absolute atomic E-state index is 5.24. The Bertz CT molecular complexity index is 274. The highest BCUT2D eigenvalue weighted by Gasteiger charge is 2.40. The predicted octanol–water partition coefficient (Wildman–Crippen LogP) is 3.29. The van der Waals surface area contributed by atoms with Crippen molar-refractivity contribution in [2.75, 3.05) is 0 Å². The standard InChI is InChI=1S/C10H11S/c1-10(6-7-10)8-4-2-3-5-9(8)11/h2-5H,6-7H2,1H3. The van der Waals surface area contributed by atoms with Crippen molar-refractivity contribution >= 4 is 12.6 Å². The van der Waals surface area contributed by atoms with Gasteiger partial charge in [-0.3, -0.25) is 0 Å². The second kappa shape index (κ2) is 2.21. The highest BCUT2D eigenvalue weighted by molar-refractivity contribution is 7.80. The van der Waals surface area contributed by atoms with Crippen molar-refractivity contribution in [1.29, 1.82) is 0 Å². The van der Waals surface area contributed by atoms with Gasteiger partial charge in [0.2, 0.25) is 0 Å². The molecule has 1 heteroatoms. The molecule has 1 saturated carbocycles. The molecule has 57 valence electrons. The Morgan fingerprint density at radius 1 is 1.27 bits per heavy atom. The number of rotatable bonds is 1. The second-order valence-electron chi connectivity index (χ2n) is 3.56. The Kier molecular flexibility index (Phi) is 1.43. The normalized spacial score (nSPS) is 19.7. The van der Waals surface area contributed by atoms with Gasteiger partial charge in [-0.2, -0.15) is 0 Å². The van der Waals surface area contributed by atoms with Crippen LogP contribution in [0.15, 0.2) is 29.2 Å². The summed E-state index contributed by atoms with van der Waals surface area (Å²) in [6.45, 7) is 2.29. The molecule has 0 amide bonds. The molecule has 0 aliphatic heterocycles. The van der Waals surface area contributed by atoms with Gasteiger partial charge in [-0.1, -0.05) is 37.8 Å². The van der Waals surface area contributed by atoms with Gasteiger partial charge in [0.15, 0.2) is 0 Å². The van der Waals surface area contributed by atoms with Gasteiger partial charge in [-0.25, -0.2) is 0 Å². The van der Waals surface area contributed by atoms with E-state index in [2.05, 4.69) is 19.1 Å². The van der Waals surface area contributed by atoms with Crippen LogP contribution in [-0.2, 0) is 5.41 Å². The van der Waals surface area contributed by atoms with Gasteiger partial charge < -0.3 is 0 Å². The molecule has 0 saturated heterocycles. The van der Waals surface area contributed by atoms with E-state index in [-0.39, 0.29) is 0 Å². The lowest BCUT2D eigenvalue weighted by atomic mass is 9.99. The minimum absolute atomic E-state index is 0.429. The largest absolute Gasteiger partial charge is 0.0798 e. The number of benzene rings is 1. The Balaban J connectivity index is 2.45. The molecule has 1 radical (unpaired) electrons. The number of hydrogen-bond donors (Lipinski definition) is 0. The van der Waals surface area contributed by atoms with Gasteiger partial charge in [0.1, 0.15) is 0 Å². The maximum atomic E-state index is 5.24. The average molecular weight is 163 g/mol. The van der Waals surface area contributed by atoms with Gasteiger partial charge in [-0.05, 0) is 29.9 Å². The maximum Gasteiger partial charge on any atom is 0.0414 e. The molecular formula is C10H11S. The molecule has 0 spiro atoms. The summed E-state index contributed by atoms with van der Waals surface area (Å²) in [5, 5.41) is 0. The van der Waals surface area contributed by atoms with Gasteiger partial charge in [-0.15, -0.1) is 0 Å². The summed E-state index contributed by atoms with van der Waals surface area (Å²) in [6.07, 6.45) is 2.61. The van der Waals surface area contributed by atoms with Crippen molar-refractivity contribution in [3.63, 3.8) is 0 Å². The molecule has 0 bridgehead atoms. The molecule has 1 aromatic carbocycles. The van der Waals surface area contributed by atoms with Crippen LogP contribution >= 0.6 is 12.6 Å². The molecule has 0 N–H and O–H groups in total. The molecule has 0 aromatic heterocycles. The fourth-order valence-corrected chi connectivity index (χ4v) is 1.82. The smallest absolute Gasteiger partial charge is 0.0414 e. The van der Waals surface area contributed by atoms with E-state index in [0.29, 0.717) is 5.41 Å². The first-order valence-electron chi connectivity index (χ1n) is 3.99. The summed E-state index contributed by atoms with van der Waals surface area (Å²) in [5.74, 6) is 0. The SMILES string of the molecule is CC1(c2ccccc2[S])CC1. The lowest BCUT2D eigenvalue weighted by Crippen LogP contribution is -1.99. The fraction of sp³-hybridized carbons (Fsp3) is 0.400. The summed E-state index contributed by atoms with van der Waals surface area (Å²) in [7, 11) is 0. The van der Waals surface area contributed by atoms with E-state index in [1.54, 1.807) is 0 Å². The van der Waals surface area contributed by atoms with E-state index >= 15 is 0 Å². The molecule has 0 heterocycles. The van der Waals surface area contributed by atoms with Crippen LogP contribution in [0, 0.1) is 0 Å². The van der Waals surface area contributed by atoms with E-state index in [0.717, 1.165) is 4.90 Å². The molecule has 2 rings (SSSR count). The van der Waals surface area contributed by atoms with Crippen LogP contribution in [0.1, 0.15) is 25.3 Å². The first kappa shape index (κ1) is 7.11. The summed E-state index contributed by atoms with van der Waals surface area (Å²) in [4.78, 5) is 1.03. The van der Waals surface area contributed by atoms with Gasteiger partial charge in [0.05, 0.1) is 0 Å². The van der Waals surface area contributed by atoms with E-state index in [4.69, 9.17) is 12.6 Å². The molecule has 0 atom stereocenters. The summed E-state index contributed by atoms with van der Waals surface area (Å²) in [6, 6.07) is 8.27. The molecule has 1 aliphatic carbocycles. The van der Waals surface area contributed by atoms with Crippen molar-refractivity contribution in [3.8, 4) is 0 Å². The first-order chi connectivity index (χ1) is 5.22. The second-order valence-corrected chi connectivity index (χ2v) is 4.00. The third kappa shape index (κ3) is 1.14. The van der Waals surface area contributed by atoms with Crippen LogP contribution in [-0.4, -0.2) is 0 Å². The van der Waals surface area contributed by atoms with Crippen molar-refractivity contribution in [2.45, 2.75) is 30.1 Å². The summed E-state index contributed by atoms with van der Waals surface area (Å²) >= 11 is 5.24.